The van der Waals surface area contributed by atoms with E-state index in [9.17, 15) is 9.90 Å². The number of hydrogen-bond donors (Lipinski definition) is 1. The number of fused-ring (bicyclic) bond motifs is 5. The summed E-state index contributed by atoms with van der Waals surface area (Å²) in [5, 5.41) is 11.6. The van der Waals surface area contributed by atoms with Gasteiger partial charge in [-0.15, -0.1) is 0 Å². The van der Waals surface area contributed by atoms with Crippen LogP contribution in [0.3, 0.4) is 0 Å². The zero-order valence-corrected chi connectivity index (χ0v) is 19.0. The first kappa shape index (κ1) is 21.0. The molecule has 3 saturated carbocycles. The Balaban J connectivity index is 1.43. The number of hydrogen-bond acceptors (Lipinski definition) is 5. The Morgan fingerprint density at radius 3 is 2.57 bits per heavy atom. The normalized spacial score (nSPS) is 49.6. The van der Waals surface area contributed by atoms with Gasteiger partial charge in [0.2, 0.25) is 0 Å². The van der Waals surface area contributed by atoms with Gasteiger partial charge in [-0.05, 0) is 68.6 Å². The summed E-state index contributed by atoms with van der Waals surface area (Å²) in [5.41, 5.74) is 1.42. The molecule has 0 bridgehead atoms. The van der Waals surface area contributed by atoms with E-state index in [1.165, 1.54) is 12.5 Å². The summed E-state index contributed by atoms with van der Waals surface area (Å²) >= 11 is 0. The van der Waals surface area contributed by atoms with E-state index < -0.39 is 5.79 Å². The number of rotatable bonds is 2. The standard InChI is InChI=1S/C25H38O5/c1-15(26)30-17-9-10-23(2)16(13-17)5-6-18-19-7-8-21(25(4)28-11-12-29-25)24(19,3)22(27)14-20(18)23/h5,17-22,27H,6-14H2,1-4H3. The van der Waals surface area contributed by atoms with Crippen molar-refractivity contribution in [3.63, 3.8) is 0 Å². The van der Waals surface area contributed by atoms with Crippen molar-refractivity contribution in [3.05, 3.63) is 11.6 Å². The third-order valence-electron chi connectivity index (χ3n) is 9.99. The highest BCUT2D eigenvalue weighted by Gasteiger charge is 2.66. The van der Waals surface area contributed by atoms with Gasteiger partial charge in [0.15, 0.2) is 5.79 Å². The molecule has 5 aliphatic rings. The number of allylic oxidation sites excluding steroid dienone is 1. The maximum absolute atomic E-state index is 11.6. The topological polar surface area (TPSA) is 65.0 Å². The van der Waals surface area contributed by atoms with Crippen molar-refractivity contribution in [3.8, 4) is 0 Å². The van der Waals surface area contributed by atoms with Gasteiger partial charge in [0.05, 0.1) is 19.3 Å². The lowest BCUT2D eigenvalue weighted by atomic mass is 9.46. The van der Waals surface area contributed by atoms with Crippen molar-refractivity contribution in [1.82, 2.24) is 0 Å². The highest BCUT2D eigenvalue weighted by Crippen LogP contribution is 2.68. The van der Waals surface area contributed by atoms with Gasteiger partial charge in [0.25, 0.3) is 0 Å². The van der Waals surface area contributed by atoms with Crippen LogP contribution in [0.15, 0.2) is 11.6 Å². The zero-order chi connectivity index (χ0) is 21.3. The van der Waals surface area contributed by atoms with Crippen LogP contribution < -0.4 is 0 Å². The van der Waals surface area contributed by atoms with Crippen LogP contribution in [0.2, 0.25) is 0 Å². The first-order valence-corrected chi connectivity index (χ1v) is 12.0. The molecular weight excluding hydrogens is 380 g/mol. The molecule has 1 saturated heterocycles. The summed E-state index contributed by atoms with van der Waals surface area (Å²) < 4.78 is 17.7. The molecular formula is C25H38O5. The monoisotopic (exact) mass is 418 g/mol. The number of esters is 1. The highest BCUT2D eigenvalue weighted by molar-refractivity contribution is 5.66. The van der Waals surface area contributed by atoms with Gasteiger partial charge in [-0.25, -0.2) is 0 Å². The van der Waals surface area contributed by atoms with E-state index in [0.29, 0.717) is 31.0 Å². The molecule has 5 heteroatoms. The van der Waals surface area contributed by atoms with Crippen LogP contribution in [-0.2, 0) is 19.0 Å². The van der Waals surface area contributed by atoms with E-state index in [4.69, 9.17) is 14.2 Å². The average molecular weight is 419 g/mol. The van der Waals surface area contributed by atoms with Crippen LogP contribution >= 0.6 is 0 Å². The van der Waals surface area contributed by atoms with Crippen molar-refractivity contribution >= 4 is 5.97 Å². The van der Waals surface area contributed by atoms with Crippen LogP contribution in [0, 0.1) is 34.5 Å². The van der Waals surface area contributed by atoms with E-state index in [0.717, 1.165) is 44.9 Å². The smallest absolute Gasteiger partial charge is 0.302 e. The lowest BCUT2D eigenvalue weighted by Gasteiger charge is -2.60. The summed E-state index contributed by atoms with van der Waals surface area (Å²) in [4.78, 5) is 11.5. The minimum Gasteiger partial charge on any atom is -0.462 e. The zero-order valence-electron chi connectivity index (χ0n) is 19.0. The molecule has 8 unspecified atom stereocenters. The maximum atomic E-state index is 11.6. The van der Waals surface area contributed by atoms with Crippen molar-refractivity contribution < 1.29 is 24.1 Å². The Morgan fingerprint density at radius 2 is 1.87 bits per heavy atom. The quantitative estimate of drug-likeness (QED) is 0.537. The second-order valence-electron chi connectivity index (χ2n) is 11.2. The number of aliphatic hydroxyl groups excluding tert-OH is 1. The van der Waals surface area contributed by atoms with Crippen LogP contribution in [0.25, 0.3) is 0 Å². The summed E-state index contributed by atoms with van der Waals surface area (Å²) in [7, 11) is 0. The van der Waals surface area contributed by atoms with Gasteiger partial charge in [-0.3, -0.25) is 4.79 Å². The third-order valence-corrected chi connectivity index (χ3v) is 9.99. The van der Waals surface area contributed by atoms with Crippen molar-refractivity contribution in [2.75, 3.05) is 13.2 Å². The first-order chi connectivity index (χ1) is 14.2. The molecule has 30 heavy (non-hydrogen) atoms. The molecule has 168 valence electrons. The van der Waals surface area contributed by atoms with Gasteiger partial charge < -0.3 is 19.3 Å². The Bertz CT molecular complexity index is 740. The van der Waals surface area contributed by atoms with Crippen LogP contribution in [0.1, 0.15) is 72.6 Å². The fourth-order valence-electron chi connectivity index (χ4n) is 8.51. The van der Waals surface area contributed by atoms with E-state index in [1.54, 1.807) is 0 Å². The molecule has 0 amide bonds. The van der Waals surface area contributed by atoms with Gasteiger partial charge >= 0.3 is 5.97 Å². The van der Waals surface area contributed by atoms with Gasteiger partial charge in [-0.2, -0.15) is 0 Å². The molecule has 8 atom stereocenters. The molecule has 1 aliphatic heterocycles. The Labute approximate surface area is 180 Å². The summed E-state index contributed by atoms with van der Waals surface area (Å²) in [5.74, 6) is 1.11. The lowest BCUT2D eigenvalue weighted by molar-refractivity contribution is -0.235. The Hall–Kier alpha value is -0.910. The lowest BCUT2D eigenvalue weighted by Crippen LogP contribution is -2.59. The Morgan fingerprint density at radius 1 is 1.13 bits per heavy atom. The van der Waals surface area contributed by atoms with E-state index >= 15 is 0 Å². The molecule has 0 aromatic heterocycles. The summed E-state index contributed by atoms with van der Waals surface area (Å²) in [6.45, 7) is 9.63. The average Bonchev–Trinajstić information content (AvgIpc) is 3.28. The van der Waals surface area contributed by atoms with Crippen LogP contribution in [0.5, 0.6) is 0 Å². The Kier molecular flexibility index (Phi) is 4.92. The molecule has 5 nitrogen and oxygen atoms in total. The molecule has 4 aliphatic carbocycles. The number of aliphatic hydroxyl groups is 1. The molecule has 5 rings (SSSR count). The number of ether oxygens (including phenoxy) is 3. The molecule has 0 aromatic rings. The van der Waals surface area contributed by atoms with Crippen LogP contribution in [-0.4, -0.2) is 42.3 Å². The van der Waals surface area contributed by atoms with E-state index in [-0.39, 0.29) is 34.9 Å². The maximum Gasteiger partial charge on any atom is 0.302 e. The summed E-state index contributed by atoms with van der Waals surface area (Å²) in [6, 6.07) is 0. The van der Waals surface area contributed by atoms with Gasteiger partial charge in [0.1, 0.15) is 6.10 Å². The molecule has 0 radical (unpaired) electrons. The fourth-order valence-corrected chi connectivity index (χ4v) is 8.51. The molecule has 0 spiro atoms. The number of carbonyl (C=O) groups excluding carboxylic acids is 1. The second-order valence-corrected chi connectivity index (χ2v) is 11.2. The number of carbonyl (C=O) groups is 1. The fraction of sp³-hybridized carbons (Fsp3) is 0.880. The minimum absolute atomic E-state index is 0.0182. The van der Waals surface area contributed by atoms with Crippen molar-refractivity contribution in [1.29, 1.82) is 0 Å². The second kappa shape index (κ2) is 7.05. The summed E-state index contributed by atoms with van der Waals surface area (Å²) in [6.07, 6.45) is 9.14. The predicted octanol–water partition coefficient (Wildman–Crippen LogP) is 4.23. The van der Waals surface area contributed by atoms with E-state index in [2.05, 4.69) is 26.8 Å². The molecule has 0 aromatic carbocycles. The first-order valence-electron chi connectivity index (χ1n) is 12.0. The van der Waals surface area contributed by atoms with Crippen LogP contribution in [0.4, 0.5) is 0 Å². The molecule has 1 N–H and O–H groups in total. The third kappa shape index (κ3) is 2.87. The van der Waals surface area contributed by atoms with Gasteiger partial charge in [0, 0.05) is 24.7 Å². The van der Waals surface area contributed by atoms with Crippen molar-refractivity contribution in [2.24, 2.45) is 34.5 Å². The molecule has 4 fully saturated rings. The SMILES string of the molecule is CC(=O)OC1CCC2(C)C(=CCC3C2CC(O)C2(C)C3CCC2C2(C)OCCO2)C1. The van der Waals surface area contributed by atoms with E-state index in [1.807, 2.05) is 0 Å². The predicted molar refractivity (Wildman–Crippen MR) is 112 cm³/mol. The van der Waals surface area contributed by atoms with Gasteiger partial charge in [-0.1, -0.05) is 25.5 Å². The minimum atomic E-state index is -0.557. The largest absolute Gasteiger partial charge is 0.462 e. The molecule has 1 heterocycles. The highest BCUT2D eigenvalue weighted by atomic mass is 16.7. The van der Waals surface area contributed by atoms with Crippen molar-refractivity contribution in [2.45, 2.75) is 90.6 Å².